The van der Waals surface area contributed by atoms with E-state index < -0.39 is 5.92 Å². The molecule has 2 fully saturated rings. The third-order valence-electron chi connectivity index (χ3n) is 3.89. The molecule has 0 aromatic carbocycles. The molecule has 2 saturated carbocycles. The number of hydrogen-bond donors (Lipinski definition) is 0. The van der Waals surface area contributed by atoms with Crippen LogP contribution in [0.1, 0.15) is 51.4 Å². The molecule has 0 N–H and O–H groups in total. The van der Waals surface area contributed by atoms with Crippen molar-refractivity contribution < 1.29 is 8.78 Å². The van der Waals surface area contributed by atoms with Crippen molar-refractivity contribution >= 4 is 11.6 Å². The maximum Gasteiger partial charge on any atom is 0.248 e. The molecule has 0 aliphatic heterocycles. The minimum absolute atomic E-state index is 0.103. The zero-order valence-corrected chi connectivity index (χ0v) is 9.78. The van der Waals surface area contributed by atoms with E-state index in [1.165, 1.54) is 0 Å². The predicted molar refractivity (Wildman–Crippen MR) is 58.5 cm³/mol. The Morgan fingerprint density at radius 2 is 1.93 bits per heavy atom. The fraction of sp³-hybridized carbons (Fsp3) is 1.00. The molecule has 0 nitrogen and oxygen atoms in total. The molecule has 0 amide bonds. The fourth-order valence-corrected chi connectivity index (χ4v) is 3.55. The monoisotopic (exact) mass is 236 g/mol. The van der Waals surface area contributed by atoms with Crippen molar-refractivity contribution in [1.82, 2.24) is 0 Å². The molecule has 0 aromatic rings. The van der Waals surface area contributed by atoms with Crippen molar-refractivity contribution in [3.8, 4) is 0 Å². The first-order valence-electron chi connectivity index (χ1n) is 6.07. The van der Waals surface area contributed by atoms with Crippen molar-refractivity contribution in [1.29, 1.82) is 0 Å². The van der Waals surface area contributed by atoms with Crippen LogP contribution >= 0.6 is 11.6 Å². The molecule has 2 aliphatic carbocycles. The van der Waals surface area contributed by atoms with Gasteiger partial charge in [-0.25, -0.2) is 8.78 Å². The third-order valence-corrected chi connectivity index (χ3v) is 4.28. The first-order chi connectivity index (χ1) is 7.05. The van der Waals surface area contributed by atoms with Gasteiger partial charge in [0, 0.05) is 18.2 Å². The van der Waals surface area contributed by atoms with Crippen LogP contribution in [-0.4, -0.2) is 11.3 Å². The molecule has 0 radical (unpaired) electrons. The Morgan fingerprint density at radius 1 is 1.13 bits per heavy atom. The average molecular weight is 237 g/mol. The number of rotatable bonds is 2. The molecule has 0 aromatic heterocycles. The van der Waals surface area contributed by atoms with Gasteiger partial charge in [-0.3, -0.25) is 0 Å². The molecule has 0 spiro atoms. The molecule has 3 unspecified atom stereocenters. The van der Waals surface area contributed by atoms with E-state index in [1.54, 1.807) is 0 Å². The Balaban J connectivity index is 1.79. The zero-order valence-electron chi connectivity index (χ0n) is 9.02. The lowest BCUT2D eigenvalue weighted by Crippen LogP contribution is -2.27. The summed E-state index contributed by atoms with van der Waals surface area (Å²) >= 11 is 6.03. The summed E-state index contributed by atoms with van der Waals surface area (Å²) in [5.41, 5.74) is 0. The van der Waals surface area contributed by atoms with E-state index in [4.69, 9.17) is 11.6 Å². The second kappa shape index (κ2) is 4.57. The summed E-state index contributed by atoms with van der Waals surface area (Å²) in [6.45, 7) is 0. The van der Waals surface area contributed by atoms with Gasteiger partial charge < -0.3 is 0 Å². The average Bonchev–Trinajstić information content (AvgIpc) is 2.49. The van der Waals surface area contributed by atoms with Crippen LogP contribution < -0.4 is 0 Å². The van der Waals surface area contributed by atoms with Gasteiger partial charge in [0.1, 0.15) is 0 Å². The normalized spacial score (nSPS) is 40.6. The highest BCUT2D eigenvalue weighted by Gasteiger charge is 2.37. The second-order valence-corrected chi connectivity index (χ2v) is 5.95. The summed E-state index contributed by atoms with van der Waals surface area (Å²) in [6.07, 6.45) is 6.19. The number of alkyl halides is 3. The molecule has 0 heterocycles. The van der Waals surface area contributed by atoms with Gasteiger partial charge in [0.2, 0.25) is 5.92 Å². The van der Waals surface area contributed by atoms with Crippen LogP contribution in [0.4, 0.5) is 8.78 Å². The van der Waals surface area contributed by atoms with E-state index in [9.17, 15) is 8.78 Å². The van der Waals surface area contributed by atoms with Crippen LogP contribution in [0.5, 0.6) is 0 Å². The van der Waals surface area contributed by atoms with Gasteiger partial charge >= 0.3 is 0 Å². The Bertz CT molecular complexity index is 218. The second-order valence-electron chi connectivity index (χ2n) is 5.33. The van der Waals surface area contributed by atoms with E-state index >= 15 is 0 Å². The van der Waals surface area contributed by atoms with Crippen molar-refractivity contribution in [3.63, 3.8) is 0 Å². The van der Waals surface area contributed by atoms with E-state index in [2.05, 4.69) is 0 Å². The summed E-state index contributed by atoms with van der Waals surface area (Å²) in [6, 6.07) is 0. The van der Waals surface area contributed by atoms with E-state index in [0.29, 0.717) is 17.7 Å². The van der Waals surface area contributed by atoms with Crippen LogP contribution in [0.3, 0.4) is 0 Å². The number of hydrogen-bond acceptors (Lipinski definition) is 0. The highest BCUT2D eigenvalue weighted by molar-refractivity contribution is 6.20. The van der Waals surface area contributed by atoms with Crippen LogP contribution in [0.15, 0.2) is 0 Å². The molecular weight excluding hydrogens is 218 g/mol. The van der Waals surface area contributed by atoms with Gasteiger partial charge in [-0.15, -0.1) is 11.6 Å². The van der Waals surface area contributed by atoms with Gasteiger partial charge in [0.05, 0.1) is 0 Å². The maximum atomic E-state index is 13.2. The summed E-state index contributed by atoms with van der Waals surface area (Å²) in [5.74, 6) is -1.52. The van der Waals surface area contributed by atoms with Crippen molar-refractivity contribution in [2.24, 2.45) is 11.8 Å². The topological polar surface area (TPSA) is 0 Å². The summed E-state index contributed by atoms with van der Waals surface area (Å²) < 4.78 is 26.4. The molecule has 0 bridgehead atoms. The molecule has 3 atom stereocenters. The van der Waals surface area contributed by atoms with Gasteiger partial charge in [0.25, 0.3) is 0 Å². The summed E-state index contributed by atoms with van der Waals surface area (Å²) in [7, 11) is 0. The highest BCUT2D eigenvalue weighted by Crippen LogP contribution is 2.42. The van der Waals surface area contributed by atoms with Crippen LogP contribution in [0.2, 0.25) is 0 Å². The lowest BCUT2D eigenvalue weighted by Gasteiger charge is -2.30. The zero-order chi connectivity index (χ0) is 10.9. The number of halogens is 3. The summed E-state index contributed by atoms with van der Waals surface area (Å²) in [4.78, 5) is 0. The Kier molecular flexibility index (Phi) is 3.54. The molecule has 15 heavy (non-hydrogen) atoms. The first-order valence-corrected chi connectivity index (χ1v) is 6.51. The predicted octanol–water partition coefficient (Wildman–Crippen LogP) is 4.61. The van der Waals surface area contributed by atoms with Crippen LogP contribution in [0, 0.1) is 11.8 Å². The standard InChI is InChI=1S/C12H19ClF2/c13-11-4-3-9(7-11)6-10-2-1-5-12(14,15)8-10/h9-11H,1-8H2. The fourth-order valence-electron chi connectivity index (χ4n) is 3.18. The summed E-state index contributed by atoms with van der Waals surface area (Å²) in [5, 5.41) is 0.305. The Morgan fingerprint density at radius 3 is 2.53 bits per heavy atom. The highest BCUT2D eigenvalue weighted by atomic mass is 35.5. The maximum absolute atomic E-state index is 13.2. The van der Waals surface area contributed by atoms with Gasteiger partial charge in [0.15, 0.2) is 0 Å². The van der Waals surface area contributed by atoms with Gasteiger partial charge in [-0.2, -0.15) is 0 Å². The molecule has 3 heteroatoms. The van der Waals surface area contributed by atoms with Crippen molar-refractivity contribution in [2.45, 2.75) is 62.7 Å². The molecule has 2 aliphatic rings. The Labute approximate surface area is 95.4 Å². The van der Waals surface area contributed by atoms with E-state index in [-0.39, 0.29) is 18.8 Å². The first kappa shape index (κ1) is 11.6. The molecule has 88 valence electrons. The molecule has 2 rings (SSSR count). The largest absolute Gasteiger partial charge is 0.248 e. The van der Waals surface area contributed by atoms with Gasteiger partial charge in [-0.05, 0) is 43.9 Å². The quantitative estimate of drug-likeness (QED) is 0.615. The lowest BCUT2D eigenvalue weighted by atomic mass is 9.80. The SMILES string of the molecule is FC1(F)CCCC(CC2CCC(Cl)C2)C1. The van der Waals surface area contributed by atoms with Crippen molar-refractivity contribution in [2.75, 3.05) is 0 Å². The lowest BCUT2D eigenvalue weighted by molar-refractivity contribution is -0.0555. The minimum atomic E-state index is -2.39. The van der Waals surface area contributed by atoms with Crippen LogP contribution in [0.25, 0.3) is 0 Å². The molecular formula is C12H19ClF2. The molecule has 0 saturated heterocycles. The van der Waals surface area contributed by atoms with Crippen LogP contribution in [-0.2, 0) is 0 Å². The smallest absolute Gasteiger partial charge is 0.207 e. The third kappa shape index (κ3) is 3.30. The van der Waals surface area contributed by atoms with Crippen molar-refractivity contribution in [3.05, 3.63) is 0 Å². The minimum Gasteiger partial charge on any atom is -0.207 e. The van der Waals surface area contributed by atoms with E-state index in [1.807, 2.05) is 0 Å². The van der Waals surface area contributed by atoms with Gasteiger partial charge in [-0.1, -0.05) is 6.42 Å². The van der Waals surface area contributed by atoms with E-state index in [0.717, 1.165) is 32.1 Å². The Hall–Kier alpha value is 0.150.